The summed E-state index contributed by atoms with van der Waals surface area (Å²) in [5.74, 6) is 0.0844. The van der Waals surface area contributed by atoms with E-state index in [9.17, 15) is 18.0 Å². The van der Waals surface area contributed by atoms with Crippen LogP contribution in [0.5, 0.6) is 0 Å². The molecule has 0 aliphatic carbocycles. The van der Waals surface area contributed by atoms with E-state index >= 15 is 0 Å². The maximum atomic E-state index is 12.7. The van der Waals surface area contributed by atoms with Crippen molar-refractivity contribution in [3.05, 3.63) is 77.9 Å². The van der Waals surface area contributed by atoms with E-state index in [1.54, 1.807) is 30.6 Å². The van der Waals surface area contributed by atoms with Crippen LogP contribution in [0.15, 0.2) is 61.2 Å². The van der Waals surface area contributed by atoms with Gasteiger partial charge in [0.15, 0.2) is 5.82 Å². The number of hydrogen-bond acceptors (Lipinski definition) is 4. The Bertz CT molecular complexity index is 912. The molecule has 2 heterocycles. The van der Waals surface area contributed by atoms with Gasteiger partial charge in [0.25, 0.3) is 5.91 Å². The number of amides is 1. The van der Waals surface area contributed by atoms with Crippen molar-refractivity contribution in [3.63, 3.8) is 0 Å². The number of rotatable bonds is 5. The highest BCUT2D eigenvalue weighted by Crippen LogP contribution is 2.29. The zero-order valence-electron chi connectivity index (χ0n) is 14.1. The Kier molecular flexibility index (Phi) is 5.44. The number of nitrogens with zero attached hydrogens (tertiary/aromatic N) is 3. The average molecular weight is 372 g/mol. The number of carbonyl (C=O) groups excluding carboxylic acids is 1. The predicted octanol–water partition coefficient (Wildman–Crippen LogP) is 3.53. The fourth-order valence-corrected chi connectivity index (χ4v) is 2.42. The predicted molar refractivity (Wildman–Crippen MR) is 92.7 cm³/mol. The van der Waals surface area contributed by atoms with E-state index in [2.05, 4.69) is 20.3 Å². The highest BCUT2D eigenvalue weighted by molar-refractivity contribution is 5.93. The first-order valence-corrected chi connectivity index (χ1v) is 8.10. The van der Waals surface area contributed by atoms with Gasteiger partial charge in [-0.2, -0.15) is 13.2 Å². The summed E-state index contributed by atoms with van der Waals surface area (Å²) in [5, 5.41) is 2.65. The van der Waals surface area contributed by atoms with Crippen molar-refractivity contribution in [3.8, 4) is 11.4 Å². The molecule has 2 aromatic heterocycles. The molecule has 0 aliphatic heterocycles. The van der Waals surface area contributed by atoms with E-state index in [4.69, 9.17) is 0 Å². The van der Waals surface area contributed by atoms with E-state index in [1.165, 1.54) is 18.5 Å². The summed E-state index contributed by atoms with van der Waals surface area (Å²) >= 11 is 0. The molecule has 0 aliphatic rings. The fourth-order valence-electron chi connectivity index (χ4n) is 2.42. The summed E-state index contributed by atoms with van der Waals surface area (Å²) in [7, 11) is 0. The highest BCUT2D eigenvalue weighted by Gasteiger charge is 2.30. The van der Waals surface area contributed by atoms with E-state index < -0.39 is 11.7 Å². The summed E-state index contributed by atoms with van der Waals surface area (Å²) in [5.41, 5.74) is 0.846. The molecule has 1 N–H and O–H groups in total. The number of carbonyl (C=O) groups is 1. The summed E-state index contributed by atoms with van der Waals surface area (Å²) in [4.78, 5) is 24.3. The van der Waals surface area contributed by atoms with Crippen molar-refractivity contribution in [1.82, 2.24) is 20.3 Å². The van der Waals surface area contributed by atoms with Crippen LogP contribution < -0.4 is 5.32 Å². The standard InChI is InChI=1S/C19H15F3N4O/c20-19(21,22)16-3-1-2-13(10-16)4-9-24-18(27)15-11-25-17(26-12-15)14-5-7-23-8-6-14/h1-3,5-8,10-12H,4,9H2,(H,24,27). The first-order chi connectivity index (χ1) is 12.9. The second-order valence-electron chi connectivity index (χ2n) is 5.74. The summed E-state index contributed by atoms with van der Waals surface area (Å²) in [6.45, 7) is 0.201. The van der Waals surface area contributed by atoms with Crippen LogP contribution in [0.4, 0.5) is 13.2 Å². The van der Waals surface area contributed by atoms with Crippen LogP contribution >= 0.6 is 0 Å². The Hall–Kier alpha value is -3.29. The Morgan fingerprint density at radius 3 is 2.41 bits per heavy atom. The fraction of sp³-hybridized carbons (Fsp3) is 0.158. The number of pyridine rings is 1. The van der Waals surface area contributed by atoms with Crippen LogP contribution in [-0.4, -0.2) is 27.4 Å². The molecule has 0 fully saturated rings. The van der Waals surface area contributed by atoms with Crippen LogP contribution in [-0.2, 0) is 12.6 Å². The normalized spacial score (nSPS) is 11.2. The quantitative estimate of drug-likeness (QED) is 0.744. The summed E-state index contributed by atoms with van der Waals surface area (Å²) < 4.78 is 38.1. The third-order valence-electron chi connectivity index (χ3n) is 3.81. The molecular weight excluding hydrogens is 357 g/mol. The molecular formula is C19H15F3N4O. The van der Waals surface area contributed by atoms with Crippen LogP contribution in [0, 0.1) is 0 Å². The topological polar surface area (TPSA) is 67.8 Å². The van der Waals surface area contributed by atoms with Crippen LogP contribution in [0.25, 0.3) is 11.4 Å². The van der Waals surface area contributed by atoms with E-state index in [1.807, 2.05) is 0 Å². The van der Waals surface area contributed by atoms with Crippen LogP contribution in [0.3, 0.4) is 0 Å². The lowest BCUT2D eigenvalue weighted by Crippen LogP contribution is -2.26. The van der Waals surface area contributed by atoms with Gasteiger partial charge in [0.2, 0.25) is 0 Å². The second-order valence-corrected chi connectivity index (χ2v) is 5.74. The number of aromatic nitrogens is 3. The molecule has 0 atom stereocenters. The molecule has 0 spiro atoms. The molecule has 0 saturated carbocycles. The van der Waals surface area contributed by atoms with Gasteiger partial charge < -0.3 is 5.32 Å². The zero-order chi connectivity index (χ0) is 19.3. The molecule has 0 saturated heterocycles. The lowest BCUT2D eigenvalue weighted by atomic mass is 10.1. The molecule has 5 nitrogen and oxygen atoms in total. The Balaban J connectivity index is 1.57. The molecule has 1 aromatic carbocycles. The van der Waals surface area contributed by atoms with Gasteiger partial charge in [0.1, 0.15) is 0 Å². The van der Waals surface area contributed by atoms with Crippen molar-refractivity contribution in [2.75, 3.05) is 6.54 Å². The maximum Gasteiger partial charge on any atom is 0.416 e. The molecule has 138 valence electrons. The highest BCUT2D eigenvalue weighted by atomic mass is 19.4. The first-order valence-electron chi connectivity index (χ1n) is 8.10. The largest absolute Gasteiger partial charge is 0.416 e. The summed E-state index contributed by atoms with van der Waals surface area (Å²) in [6, 6.07) is 8.55. The number of hydrogen-bond donors (Lipinski definition) is 1. The van der Waals surface area contributed by atoms with E-state index in [0.717, 1.165) is 17.7 Å². The number of nitrogens with one attached hydrogen (secondary N) is 1. The lowest BCUT2D eigenvalue weighted by molar-refractivity contribution is -0.137. The van der Waals surface area contributed by atoms with Gasteiger partial charge >= 0.3 is 6.18 Å². The van der Waals surface area contributed by atoms with E-state index in [-0.39, 0.29) is 24.4 Å². The van der Waals surface area contributed by atoms with Crippen molar-refractivity contribution >= 4 is 5.91 Å². The Labute approximate surface area is 153 Å². The second kappa shape index (κ2) is 7.94. The molecule has 27 heavy (non-hydrogen) atoms. The molecule has 3 rings (SSSR count). The van der Waals surface area contributed by atoms with Gasteiger partial charge in [-0.25, -0.2) is 9.97 Å². The molecule has 0 bridgehead atoms. The Morgan fingerprint density at radius 1 is 1.04 bits per heavy atom. The van der Waals surface area contributed by atoms with E-state index in [0.29, 0.717) is 11.4 Å². The minimum Gasteiger partial charge on any atom is -0.352 e. The molecule has 8 heteroatoms. The van der Waals surface area contributed by atoms with Crippen molar-refractivity contribution in [1.29, 1.82) is 0 Å². The first kappa shape index (κ1) is 18.5. The molecule has 0 radical (unpaired) electrons. The van der Waals surface area contributed by atoms with Crippen LogP contribution in [0.2, 0.25) is 0 Å². The minimum atomic E-state index is -4.38. The SMILES string of the molecule is O=C(NCCc1cccc(C(F)(F)F)c1)c1cnc(-c2ccncc2)nc1. The minimum absolute atomic E-state index is 0.201. The smallest absolute Gasteiger partial charge is 0.352 e. The molecule has 3 aromatic rings. The van der Waals surface area contributed by atoms with Crippen molar-refractivity contribution in [2.45, 2.75) is 12.6 Å². The third kappa shape index (κ3) is 4.87. The molecule has 1 amide bonds. The summed E-state index contributed by atoms with van der Waals surface area (Å²) in [6.07, 6.45) is 1.95. The van der Waals surface area contributed by atoms with Gasteiger partial charge in [-0.05, 0) is 30.2 Å². The number of halogens is 3. The van der Waals surface area contributed by atoms with Crippen molar-refractivity contribution < 1.29 is 18.0 Å². The van der Waals surface area contributed by atoms with Gasteiger partial charge in [-0.3, -0.25) is 9.78 Å². The lowest BCUT2D eigenvalue weighted by Gasteiger charge is -2.09. The monoisotopic (exact) mass is 372 g/mol. The van der Waals surface area contributed by atoms with Gasteiger partial charge in [-0.15, -0.1) is 0 Å². The van der Waals surface area contributed by atoms with Gasteiger partial charge in [0, 0.05) is 36.9 Å². The van der Waals surface area contributed by atoms with Gasteiger partial charge in [-0.1, -0.05) is 18.2 Å². The zero-order valence-corrected chi connectivity index (χ0v) is 14.1. The third-order valence-corrected chi connectivity index (χ3v) is 3.81. The Morgan fingerprint density at radius 2 is 1.74 bits per heavy atom. The maximum absolute atomic E-state index is 12.7. The average Bonchev–Trinajstić information content (AvgIpc) is 2.68. The number of alkyl halides is 3. The molecule has 0 unspecified atom stereocenters. The van der Waals surface area contributed by atoms with Crippen molar-refractivity contribution in [2.24, 2.45) is 0 Å². The number of benzene rings is 1. The van der Waals surface area contributed by atoms with Crippen LogP contribution in [0.1, 0.15) is 21.5 Å². The van der Waals surface area contributed by atoms with Gasteiger partial charge in [0.05, 0.1) is 11.1 Å².